The second-order valence-corrected chi connectivity index (χ2v) is 3.42. The zero-order valence-corrected chi connectivity index (χ0v) is 8.39. The van der Waals surface area contributed by atoms with E-state index < -0.39 is 0 Å². The number of aliphatic hydroxyl groups excluding tert-OH is 1. The van der Waals surface area contributed by atoms with Crippen molar-refractivity contribution in [3.8, 4) is 11.8 Å². The minimum absolute atomic E-state index is 0.297. The largest absolute Gasteiger partial charge is 0.391 e. The maximum atomic E-state index is 9.69. The van der Waals surface area contributed by atoms with Gasteiger partial charge in [-0.05, 0) is 34.1 Å². The topological polar surface area (TPSA) is 20.2 Å². The van der Waals surface area contributed by atoms with Crippen LogP contribution in [-0.2, 0) is 0 Å². The molecule has 0 rings (SSSR count). The van der Waals surface area contributed by atoms with Crippen LogP contribution in [0.4, 0.5) is 0 Å². The van der Waals surface area contributed by atoms with Crippen molar-refractivity contribution in [3.63, 3.8) is 0 Å². The van der Waals surface area contributed by atoms with Crippen LogP contribution in [0.5, 0.6) is 0 Å². The highest BCUT2D eigenvalue weighted by Gasteiger charge is 2.23. The smallest absolute Gasteiger partial charge is 0.0734 e. The maximum absolute atomic E-state index is 9.69. The van der Waals surface area contributed by atoms with Gasteiger partial charge in [-0.1, -0.05) is 18.1 Å². The first-order valence-corrected chi connectivity index (χ1v) is 4.27. The fourth-order valence-corrected chi connectivity index (χ4v) is 0.965. The molecule has 1 N–H and O–H groups in total. The van der Waals surface area contributed by atoms with Crippen molar-refractivity contribution < 1.29 is 5.11 Å². The lowest BCUT2D eigenvalue weighted by Gasteiger charge is -2.23. The number of aliphatic hydroxyl groups is 1. The van der Waals surface area contributed by atoms with Gasteiger partial charge in [0.15, 0.2) is 0 Å². The molecule has 12 heavy (non-hydrogen) atoms. The molecule has 0 aromatic rings. The highest BCUT2D eigenvalue weighted by Crippen LogP contribution is 2.21. The highest BCUT2D eigenvalue weighted by molar-refractivity contribution is 5.10. The summed E-state index contributed by atoms with van der Waals surface area (Å²) in [7, 11) is 0. The summed E-state index contributed by atoms with van der Waals surface area (Å²) in [6.07, 6.45) is 4.21. The SMILES string of the molecule is CC#CC(C)(C)[C@H](O)C/C=C/C. The molecule has 0 aliphatic carbocycles. The summed E-state index contributed by atoms with van der Waals surface area (Å²) in [6.45, 7) is 7.66. The van der Waals surface area contributed by atoms with Crippen molar-refractivity contribution >= 4 is 0 Å². The Labute approximate surface area is 75.5 Å². The third-order valence-corrected chi connectivity index (χ3v) is 1.88. The van der Waals surface area contributed by atoms with E-state index in [2.05, 4.69) is 11.8 Å². The Hall–Kier alpha value is -0.740. The summed E-state index contributed by atoms with van der Waals surface area (Å²) in [5, 5.41) is 9.69. The molecule has 1 atom stereocenters. The van der Waals surface area contributed by atoms with Crippen molar-refractivity contribution in [2.75, 3.05) is 0 Å². The Kier molecular flexibility index (Phi) is 4.70. The molecule has 0 fully saturated rings. The van der Waals surface area contributed by atoms with Crippen molar-refractivity contribution in [1.82, 2.24) is 0 Å². The lowest BCUT2D eigenvalue weighted by molar-refractivity contribution is 0.0907. The summed E-state index contributed by atoms with van der Waals surface area (Å²) in [5.41, 5.74) is -0.297. The Morgan fingerprint density at radius 3 is 2.50 bits per heavy atom. The predicted octanol–water partition coefficient (Wildman–Crippen LogP) is 2.36. The van der Waals surface area contributed by atoms with E-state index in [4.69, 9.17) is 0 Å². The summed E-state index contributed by atoms with van der Waals surface area (Å²) in [6, 6.07) is 0. The second-order valence-electron chi connectivity index (χ2n) is 3.42. The fraction of sp³-hybridized carbons (Fsp3) is 0.636. The Balaban J connectivity index is 4.21. The van der Waals surface area contributed by atoms with Gasteiger partial charge < -0.3 is 5.11 Å². The molecular formula is C11H18O. The van der Waals surface area contributed by atoms with E-state index in [-0.39, 0.29) is 11.5 Å². The average Bonchev–Trinajstić information content (AvgIpc) is 2.00. The molecule has 0 unspecified atom stereocenters. The molecule has 0 spiro atoms. The lowest BCUT2D eigenvalue weighted by Crippen LogP contribution is -2.27. The van der Waals surface area contributed by atoms with Gasteiger partial charge in [-0.2, -0.15) is 0 Å². The van der Waals surface area contributed by atoms with Crippen LogP contribution in [0.2, 0.25) is 0 Å². The van der Waals surface area contributed by atoms with Crippen molar-refractivity contribution in [3.05, 3.63) is 12.2 Å². The van der Waals surface area contributed by atoms with Crippen LogP contribution in [-0.4, -0.2) is 11.2 Å². The van der Waals surface area contributed by atoms with Gasteiger partial charge in [-0.25, -0.2) is 0 Å². The maximum Gasteiger partial charge on any atom is 0.0734 e. The fourth-order valence-electron chi connectivity index (χ4n) is 0.965. The zero-order valence-electron chi connectivity index (χ0n) is 8.39. The van der Waals surface area contributed by atoms with Crippen LogP contribution in [0.25, 0.3) is 0 Å². The summed E-state index contributed by atoms with van der Waals surface area (Å²) in [5.74, 6) is 5.83. The van der Waals surface area contributed by atoms with Crippen LogP contribution in [0, 0.1) is 17.3 Å². The van der Waals surface area contributed by atoms with Crippen LogP contribution < -0.4 is 0 Å². The lowest BCUT2D eigenvalue weighted by atomic mass is 9.85. The van der Waals surface area contributed by atoms with Gasteiger partial charge in [0, 0.05) is 0 Å². The molecule has 0 saturated heterocycles. The Bertz CT molecular complexity index is 203. The van der Waals surface area contributed by atoms with E-state index in [1.54, 1.807) is 6.92 Å². The highest BCUT2D eigenvalue weighted by atomic mass is 16.3. The van der Waals surface area contributed by atoms with Crippen molar-refractivity contribution in [1.29, 1.82) is 0 Å². The Morgan fingerprint density at radius 2 is 2.08 bits per heavy atom. The number of hydrogen-bond acceptors (Lipinski definition) is 1. The van der Waals surface area contributed by atoms with Gasteiger partial charge in [-0.3, -0.25) is 0 Å². The molecule has 0 bridgehead atoms. The summed E-state index contributed by atoms with van der Waals surface area (Å²) >= 11 is 0. The van der Waals surface area contributed by atoms with E-state index >= 15 is 0 Å². The van der Waals surface area contributed by atoms with Crippen LogP contribution >= 0.6 is 0 Å². The van der Waals surface area contributed by atoms with Gasteiger partial charge in [0.2, 0.25) is 0 Å². The normalized spacial score (nSPS) is 14.1. The number of allylic oxidation sites excluding steroid dienone is 1. The quantitative estimate of drug-likeness (QED) is 0.504. The van der Waals surface area contributed by atoms with Crippen LogP contribution in [0.1, 0.15) is 34.1 Å². The van der Waals surface area contributed by atoms with Gasteiger partial charge in [0.05, 0.1) is 11.5 Å². The second kappa shape index (κ2) is 5.00. The third-order valence-electron chi connectivity index (χ3n) is 1.88. The van der Waals surface area contributed by atoms with Crippen LogP contribution in [0.15, 0.2) is 12.2 Å². The van der Waals surface area contributed by atoms with E-state index in [1.807, 2.05) is 32.9 Å². The minimum atomic E-state index is -0.374. The van der Waals surface area contributed by atoms with Gasteiger partial charge >= 0.3 is 0 Å². The predicted molar refractivity (Wildman–Crippen MR) is 52.7 cm³/mol. The molecular weight excluding hydrogens is 148 g/mol. The van der Waals surface area contributed by atoms with E-state index in [9.17, 15) is 5.11 Å². The number of rotatable bonds is 3. The molecule has 0 heterocycles. The molecule has 1 heteroatoms. The molecule has 0 saturated carbocycles. The molecule has 0 aliphatic heterocycles. The zero-order chi connectivity index (χ0) is 9.61. The molecule has 0 amide bonds. The van der Waals surface area contributed by atoms with Crippen molar-refractivity contribution in [2.45, 2.75) is 40.2 Å². The molecule has 68 valence electrons. The monoisotopic (exact) mass is 166 g/mol. The third kappa shape index (κ3) is 3.59. The van der Waals surface area contributed by atoms with Crippen LogP contribution in [0.3, 0.4) is 0 Å². The first-order valence-electron chi connectivity index (χ1n) is 4.27. The Morgan fingerprint density at radius 1 is 1.50 bits per heavy atom. The van der Waals surface area contributed by atoms with Gasteiger partial charge in [0.1, 0.15) is 0 Å². The molecule has 0 radical (unpaired) electrons. The molecule has 0 aromatic carbocycles. The first-order chi connectivity index (χ1) is 5.54. The summed E-state index contributed by atoms with van der Waals surface area (Å²) in [4.78, 5) is 0. The average molecular weight is 166 g/mol. The molecule has 1 nitrogen and oxygen atoms in total. The standard InChI is InChI=1S/C11H18O/c1-5-7-8-10(12)11(3,4)9-6-2/h5,7,10,12H,8H2,1-4H3/b7-5+/t10-/m1/s1. The van der Waals surface area contributed by atoms with Gasteiger partial charge in [-0.15, -0.1) is 5.92 Å². The molecule has 0 aromatic heterocycles. The van der Waals surface area contributed by atoms with Gasteiger partial charge in [0.25, 0.3) is 0 Å². The van der Waals surface area contributed by atoms with E-state index in [1.165, 1.54) is 0 Å². The molecule has 0 aliphatic rings. The minimum Gasteiger partial charge on any atom is -0.391 e. The van der Waals surface area contributed by atoms with E-state index in [0.29, 0.717) is 6.42 Å². The van der Waals surface area contributed by atoms with E-state index in [0.717, 1.165) is 0 Å². The van der Waals surface area contributed by atoms with Crippen molar-refractivity contribution in [2.24, 2.45) is 5.41 Å². The first kappa shape index (κ1) is 11.3. The summed E-state index contributed by atoms with van der Waals surface area (Å²) < 4.78 is 0. The number of hydrogen-bond donors (Lipinski definition) is 1.